The van der Waals surface area contributed by atoms with Gasteiger partial charge in [0.15, 0.2) is 0 Å². The van der Waals surface area contributed by atoms with Gasteiger partial charge in [-0.15, -0.1) is 0 Å². The van der Waals surface area contributed by atoms with E-state index in [1.165, 1.54) is 18.2 Å². The number of hydrogen-bond donors (Lipinski definition) is 3. The van der Waals surface area contributed by atoms with Gasteiger partial charge in [0.2, 0.25) is 11.8 Å². The average molecular weight is 343 g/mol. The molecule has 132 valence electrons. The van der Waals surface area contributed by atoms with Crippen molar-refractivity contribution in [1.82, 2.24) is 5.32 Å². The van der Waals surface area contributed by atoms with Crippen LogP contribution in [0.5, 0.6) is 0 Å². The molecule has 4 N–H and O–H groups in total. The van der Waals surface area contributed by atoms with E-state index < -0.39 is 48.2 Å². The quantitative estimate of drug-likeness (QED) is 0.784. The highest BCUT2D eigenvalue weighted by molar-refractivity contribution is 5.93. The maximum atomic E-state index is 14.2. The number of carbonyl (C=O) groups is 1. The van der Waals surface area contributed by atoms with Gasteiger partial charge in [0.25, 0.3) is 0 Å². The molecule has 0 bridgehead atoms. The molecule has 1 aliphatic heterocycles. The van der Waals surface area contributed by atoms with E-state index >= 15 is 0 Å². The van der Waals surface area contributed by atoms with E-state index in [1.807, 2.05) is 0 Å². The molecule has 1 aromatic carbocycles. The summed E-state index contributed by atoms with van der Waals surface area (Å²) in [6, 6.07) is 4.08. The topological polar surface area (TPSA) is 76.4 Å². The van der Waals surface area contributed by atoms with Gasteiger partial charge in [-0.1, -0.05) is 0 Å². The van der Waals surface area contributed by atoms with Crippen molar-refractivity contribution < 1.29 is 22.7 Å². The molecule has 2 fully saturated rings. The Morgan fingerprint density at radius 1 is 1.42 bits per heavy atom. The lowest BCUT2D eigenvalue weighted by molar-refractivity contribution is -0.145. The van der Waals surface area contributed by atoms with E-state index in [2.05, 4.69) is 10.6 Å². The molecular formula is C16H20F3N3O2. The van der Waals surface area contributed by atoms with Crippen molar-refractivity contribution in [2.45, 2.75) is 37.5 Å². The number of halogens is 3. The Morgan fingerprint density at radius 3 is 2.75 bits per heavy atom. The summed E-state index contributed by atoms with van der Waals surface area (Å²) < 4.78 is 45.7. The number of amides is 1. The zero-order valence-electron chi connectivity index (χ0n) is 13.2. The third-order valence-corrected chi connectivity index (χ3v) is 4.48. The molecule has 0 aromatic heterocycles. The van der Waals surface area contributed by atoms with Gasteiger partial charge in [-0.3, -0.25) is 4.79 Å². The van der Waals surface area contributed by atoms with E-state index in [0.717, 1.165) is 0 Å². The minimum absolute atomic E-state index is 0.252. The molecule has 1 amide bonds. The molecule has 0 radical (unpaired) electrons. The van der Waals surface area contributed by atoms with E-state index in [-0.39, 0.29) is 5.56 Å². The van der Waals surface area contributed by atoms with E-state index in [1.54, 1.807) is 6.92 Å². The molecule has 1 unspecified atom stereocenters. The number of carbonyl (C=O) groups excluding carboxylic acids is 1. The Morgan fingerprint density at radius 2 is 2.12 bits per heavy atom. The first-order valence-corrected chi connectivity index (χ1v) is 7.81. The first-order chi connectivity index (χ1) is 11.2. The van der Waals surface area contributed by atoms with E-state index in [0.29, 0.717) is 18.8 Å². The van der Waals surface area contributed by atoms with Crippen LogP contribution in [0.15, 0.2) is 18.2 Å². The van der Waals surface area contributed by atoms with Crippen molar-refractivity contribution in [2.75, 3.05) is 18.4 Å². The van der Waals surface area contributed by atoms with Crippen LogP contribution in [0.2, 0.25) is 0 Å². The van der Waals surface area contributed by atoms with Crippen molar-refractivity contribution in [2.24, 2.45) is 11.7 Å². The van der Waals surface area contributed by atoms with Gasteiger partial charge >= 0.3 is 0 Å². The van der Waals surface area contributed by atoms with Crippen molar-refractivity contribution in [3.63, 3.8) is 0 Å². The highest BCUT2D eigenvalue weighted by atomic mass is 19.3. The van der Waals surface area contributed by atoms with Crippen LogP contribution in [0.25, 0.3) is 0 Å². The number of rotatable bonds is 3. The lowest BCUT2D eigenvalue weighted by Gasteiger charge is -2.38. The number of morpholine rings is 1. The Labute approximate surface area is 137 Å². The normalized spacial score (nSPS) is 29.8. The van der Waals surface area contributed by atoms with Crippen LogP contribution in [-0.2, 0) is 15.1 Å². The second-order valence-corrected chi connectivity index (χ2v) is 6.66. The molecule has 1 aromatic rings. The largest absolute Gasteiger partial charge is 0.350 e. The summed E-state index contributed by atoms with van der Waals surface area (Å²) in [5.41, 5.74) is 5.37. The summed E-state index contributed by atoms with van der Waals surface area (Å²) in [4.78, 5) is 12.0. The van der Waals surface area contributed by atoms with Crippen LogP contribution >= 0.6 is 0 Å². The molecule has 1 heterocycles. The smallest absolute Gasteiger partial charge is 0.249 e. The fraction of sp³-hybridized carbons (Fsp3) is 0.562. The molecular weight excluding hydrogens is 323 g/mol. The minimum Gasteiger partial charge on any atom is -0.350 e. The number of hydrogen-bond acceptors (Lipinski definition) is 4. The Kier molecular flexibility index (Phi) is 4.31. The molecule has 1 saturated carbocycles. The fourth-order valence-corrected chi connectivity index (χ4v) is 3.13. The van der Waals surface area contributed by atoms with Gasteiger partial charge in [0.1, 0.15) is 17.6 Å². The monoisotopic (exact) mass is 343 g/mol. The second-order valence-electron chi connectivity index (χ2n) is 6.66. The summed E-state index contributed by atoms with van der Waals surface area (Å²) in [6.07, 6.45) is -1.47. The fourth-order valence-electron chi connectivity index (χ4n) is 3.13. The third kappa shape index (κ3) is 3.40. The molecule has 3 rings (SSSR count). The minimum atomic E-state index is -2.76. The van der Waals surface area contributed by atoms with E-state index in [4.69, 9.17) is 10.5 Å². The number of benzene rings is 1. The van der Waals surface area contributed by atoms with Crippen molar-refractivity contribution in [3.05, 3.63) is 29.6 Å². The maximum absolute atomic E-state index is 14.2. The zero-order valence-corrected chi connectivity index (χ0v) is 13.2. The predicted molar refractivity (Wildman–Crippen MR) is 82.0 cm³/mol. The van der Waals surface area contributed by atoms with Gasteiger partial charge in [-0.2, -0.15) is 0 Å². The van der Waals surface area contributed by atoms with Gasteiger partial charge < -0.3 is 21.1 Å². The Balaban J connectivity index is 1.75. The number of alkyl halides is 2. The van der Waals surface area contributed by atoms with Crippen LogP contribution in [-0.4, -0.2) is 31.1 Å². The SMILES string of the molecule is CC1(c2cc(NC(=O)C3CC(F)(F)C3)ccc2F)CNC[C@H](N)O1. The van der Waals surface area contributed by atoms with Gasteiger partial charge in [0, 0.05) is 43.1 Å². The van der Waals surface area contributed by atoms with E-state index in [9.17, 15) is 18.0 Å². The molecule has 1 aliphatic carbocycles. The summed E-state index contributed by atoms with van der Waals surface area (Å²) in [5, 5.41) is 5.64. The Hall–Kier alpha value is -1.64. The Bertz CT molecular complexity index is 647. The number of ether oxygens (including phenoxy) is 1. The molecule has 2 atom stereocenters. The van der Waals surface area contributed by atoms with Crippen LogP contribution in [0.3, 0.4) is 0 Å². The summed E-state index contributed by atoms with van der Waals surface area (Å²) in [7, 11) is 0. The third-order valence-electron chi connectivity index (χ3n) is 4.48. The van der Waals surface area contributed by atoms with Gasteiger partial charge in [-0.05, 0) is 25.1 Å². The molecule has 24 heavy (non-hydrogen) atoms. The highest BCUT2D eigenvalue weighted by Gasteiger charge is 2.48. The summed E-state index contributed by atoms with van der Waals surface area (Å²) in [6.45, 7) is 2.53. The van der Waals surface area contributed by atoms with Crippen LogP contribution in [0.4, 0.5) is 18.9 Å². The summed E-state index contributed by atoms with van der Waals surface area (Å²) >= 11 is 0. The lowest BCUT2D eigenvalue weighted by Crippen LogP contribution is -2.53. The van der Waals surface area contributed by atoms with Gasteiger partial charge in [-0.25, -0.2) is 13.2 Å². The number of nitrogens with two attached hydrogens (primary N) is 1. The first-order valence-electron chi connectivity index (χ1n) is 7.81. The molecule has 8 heteroatoms. The van der Waals surface area contributed by atoms with Crippen LogP contribution in [0, 0.1) is 11.7 Å². The standard InChI is InChI=1S/C16H20F3N3O2/c1-15(8-21-7-13(20)24-15)11-4-10(2-3-12(11)17)22-14(23)9-5-16(18,19)6-9/h2-4,9,13,21H,5-8,20H2,1H3,(H,22,23)/t13-,15?/m1/s1. The molecule has 2 aliphatic rings. The average Bonchev–Trinajstić information content (AvgIpc) is 2.46. The van der Waals surface area contributed by atoms with Crippen LogP contribution < -0.4 is 16.4 Å². The number of anilines is 1. The first kappa shape index (κ1) is 17.2. The lowest BCUT2D eigenvalue weighted by atomic mass is 9.80. The van der Waals surface area contributed by atoms with Crippen molar-refractivity contribution >= 4 is 11.6 Å². The molecule has 1 saturated heterocycles. The molecule has 5 nitrogen and oxygen atoms in total. The maximum Gasteiger partial charge on any atom is 0.249 e. The number of nitrogens with one attached hydrogen (secondary N) is 2. The van der Waals surface area contributed by atoms with Gasteiger partial charge in [0.05, 0.1) is 0 Å². The highest BCUT2D eigenvalue weighted by Crippen LogP contribution is 2.43. The second kappa shape index (κ2) is 6.02. The summed E-state index contributed by atoms with van der Waals surface area (Å²) in [5.74, 6) is -4.45. The zero-order chi connectivity index (χ0) is 17.5. The van der Waals surface area contributed by atoms with Crippen molar-refractivity contribution in [3.8, 4) is 0 Å². The predicted octanol–water partition coefficient (Wildman–Crippen LogP) is 1.93. The van der Waals surface area contributed by atoms with Crippen LogP contribution in [0.1, 0.15) is 25.3 Å². The van der Waals surface area contributed by atoms with Crippen molar-refractivity contribution in [1.29, 1.82) is 0 Å². The molecule has 0 spiro atoms.